The van der Waals surface area contributed by atoms with Gasteiger partial charge in [0, 0.05) is 10.0 Å². The Balaban J connectivity index is 0.000000284. The van der Waals surface area contributed by atoms with Crippen molar-refractivity contribution in [1.29, 1.82) is 0 Å². The van der Waals surface area contributed by atoms with E-state index in [-0.39, 0.29) is 6.29 Å². The number of aliphatic hydroxyl groups is 1. The molecule has 0 aliphatic carbocycles. The number of rotatable bonds is 4. The maximum Gasteiger partial charge on any atom is 0.299 e. The van der Waals surface area contributed by atoms with Crippen LogP contribution in [0.2, 0.25) is 10.0 Å². The summed E-state index contributed by atoms with van der Waals surface area (Å²) < 4.78 is 32.6. The Morgan fingerprint density at radius 1 is 1.00 bits per heavy atom. The smallest absolute Gasteiger partial charge is 0.299 e. The van der Waals surface area contributed by atoms with E-state index in [4.69, 9.17) is 37.6 Å². The first-order valence-corrected chi connectivity index (χ1v) is 8.27. The number of halogens is 2. The Labute approximate surface area is 143 Å². The number of carbonyl (C=O) groups excluding carboxylic acids is 1. The lowest BCUT2D eigenvalue weighted by atomic mass is 10.3. The second-order valence-corrected chi connectivity index (χ2v) is 6.45. The maximum atomic E-state index is 9.64. The average Bonchev–Trinajstić information content (AvgIpc) is 2.46. The van der Waals surface area contributed by atoms with Gasteiger partial charge in [0.2, 0.25) is 5.44 Å². The van der Waals surface area contributed by atoms with Gasteiger partial charge in [-0.05, 0) is 30.3 Å². The summed E-state index contributed by atoms with van der Waals surface area (Å²) in [6, 6.07) is 14.6. The van der Waals surface area contributed by atoms with Crippen molar-refractivity contribution in [2.45, 2.75) is 5.44 Å². The van der Waals surface area contributed by atoms with Crippen LogP contribution in [-0.2, 0) is 14.9 Å². The van der Waals surface area contributed by atoms with Crippen molar-refractivity contribution in [2.24, 2.45) is 0 Å². The van der Waals surface area contributed by atoms with Crippen LogP contribution in [0.15, 0.2) is 48.5 Å². The Kier molecular flexibility index (Phi) is 7.47. The van der Waals surface area contributed by atoms with Gasteiger partial charge in [0.25, 0.3) is 10.1 Å². The van der Waals surface area contributed by atoms with E-state index in [1.165, 1.54) is 0 Å². The van der Waals surface area contributed by atoms with Gasteiger partial charge < -0.3 is 9.84 Å². The maximum absolute atomic E-state index is 9.64. The summed E-state index contributed by atoms with van der Waals surface area (Å²) in [5.74, 6) is 1.40. The van der Waals surface area contributed by atoms with E-state index in [0.29, 0.717) is 15.8 Å². The highest BCUT2D eigenvalue weighted by Gasteiger charge is 2.16. The highest BCUT2D eigenvalue weighted by Crippen LogP contribution is 2.27. The van der Waals surface area contributed by atoms with Crippen LogP contribution < -0.4 is 4.74 Å². The van der Waals surface area contributed by atoms with Crippen LogP contribution in [0.3, 0.4) is 0 Å². The molecule has 0 aliphatic heterocycles. The molecule has 1 atom stereocenters. The van der Waals surface area contributed by atoms with Crippen molar-refractivity contribution < 1.29 is 27.6 Å². The third-order valence-electron chi connectivity index (χ3n) is 2.24. The van der Waals surface area contributed by atoms with Crippen molar-refractivity contribution >= 4 is 39.6 Å². The number of hydrogen-bond acceptors (Lipinski definition) is 5. The second-order valence-electron chi connectivity index (χ2n) is 4.06. The highest BCUT2D eigenvalue weighted by atomic mass is 35.5. The molecule has 124 valence electrons. The molecule has 0 saturated carbocycles. The molecule has 2 N–H and O–H groups in total. The molecule has 2 rings (SSSR count). The van der Waals surface area contributed by atoms with Gasteiger partial charge >= 0.3 is 0 Å². The number of aldehydes is 1. The summed E-state index contributed by atoms with van der Waals surface area (Å²) in [5.41, 5.74) is -2.30. The molecule has 0 fully saturated rings. The van der Waals surface area contributed by atoms with E-state index < -0.39 is 15.6 Å². The molecule has 1 unspecified atom stereocenters. The third kappa shape index (κ3) is 7.45. The van der Waals surface area contributed by atoms with Crippen molar-refractivity contribution in [3.8, 4) is 11.5 Å². The molecule has 9 heteroatoms. The first-order chi connectivity index (χ1) is 10.7. The predicted molar refractivity (Wildman–Crippen MR) is 86.6 cm³/mol. The number of para-hydroxylation sites is 1. The summed E-state index contributed by atoms with van der Waals surface area (Å²) in [6.07, 6.45) is -0.282. The summed E-state index contributed by atoms with van der Waals surface area (Å²) >= 11 is 11.7. The number of ether oxygens (including phenoxy) is 1. The largest absolute Gasteiger partial charge is 0.457 e. The fourth-order valence-corrected chi connectivity index (χ4v) is 1.93. The predicted octanol–water partition coefficient (Wildman–Crippen LogP) is 3.18. The summed E-state index contributed by atoms with van der Waals surface area (Å²) in [4.78, 5) is 9.36. The van der Waals surface area contributed by atoms with E-state index in [9.17, 15) is 13.2 Å². The lowest BCUT2D eigenvalue weighted by Crippen LogP contribution is -2.20. The number of aliphatic hydroxyl groups excluding tert-OH is 1. The minimum atomic E-state index is -4.57. The Morgan fingerprint density at radius 2 is 1.52 bits per heavy atom. The Hall–Kier alpha value is -1.64. The zero-order valence-corrected chi connectivity index (χ0v) is 13.8. The van der Waals surface area contributed by atoms with Crippen LogP contribution in [0, 0.1) is 0 Å². The van der Waals surface area contributed by atoms with Gasteiger partial charge in [0.05, 0.1) is 0 Å². The molecule has 23 heavy (non-hydrogen) atoms. The zero-order valence-electron chi connectivity index (χ0n) is 11.5. The molecular weight excluding hydrogens is 367 g/mol. The first kappa shape index (κ1) is 19.4. The molecule has 2 aromatic rings. The lowest BCUT2D eigenvalue weighted by molar-refractivity contribution is -0.111. The van der Waals surface area contributed by atoms with Gasteiger partial charge in [-0.25, -0.2) is 0 Å². The lowest BCUT2D eigenvalue weighted by Gasteiger charge is -2.05. The molecule has 2 aromatic carbocycles. The molecule has 0 radical (unpaired) electrons. The minimum absolute atomic E-state index is 0.282. The van der Waals surface area contributed by atoms with Gasteiger partial charge in [0.15, 0.2) is 6.29 Å². The normalized spacial score (nSPS) is 11.8. The number of carbonyl (C=O) groups is 1. The van der Waals surface area contributed by atoms with E-state index in [0.717, 1.165) is 5.75 Å². The van der Waals surface area contributed by atoms with Crippen LogP contribution in [0.4, 0.5) is 0 Å². The summed E-state index contributed by atoms with van der Waals surface area (Å²) in [5, 5.41) is 9.12. The average molecular weight is 379 g/mol. The van der Waals surface area contributed by atoms with Crippen molar-refractivity contribution in [3.63, 3.8) is 0 Å². The third-order valence-corrected chi connectivity index (χ3v) is 3.39. The topological polar surface area (TPSA) is 101 Å². The molecule has 0 aliphatic rings. The fraction of sp³-hybridized carbons (Fsp3) is 0.0714. The van der Waals surface area contributed by atoms with Crippen molar-refractivity contribution in [1.82, 2.24) is 0 Å². The SMILES string of the molecule is Clc1cc(Cl)cc(Oc2ccccc2)c1.O=CC(O)S(=O)(=O)O. The fourth-order valence-electron chi connectivity index (χ4n) is 1.28. The van der Waals surface area contributed by atoms with Gasteiger partial charge in [-0.2, -0.15) is 8.42 Å². The molecular formula is C14H12Cl2O6S. The van der Waals surface area contributed by atoms with E-state index >= 15 is 0 Å². The molecule has 6 nitrogen and oxygen atoms in total. The van der Waals surface area contributed by atoms with Crippen LogP contribution in [0.5, 0.6) is 11.5 Å². The molecule has 0 aromatic heterocycles. The first-order valence-electron chi connectivity index (χ1n) is 6.01. The van der Waals surface area contributed by atoms with Gasteiger partial charge in [-0.1, -0.05) is 41.4 Å². The van der Waals surface area contributed by atoms with Gasteiger partial charge in [-0.3, -0.25) is 9.35 Å². The molecule has 0 amide bonds. The van der Waals surface area contributed by atoms with E-state index in [1.807, 2.05) is 30.3 Å². The molecule has 0 saturated heterocycles. The standard InChI is InChI=1S/C12H8Cl2O.C2H4O5S/c13-9-6-10(14)8-12(7-9)15-11-4-2-1-3-5-11;3-1-2(4)8(5,6)7/h1-8H;1-2,4H,(H,5,6,7). The summed E-state index contributed by atoms with van der Waals surface area (Å²) in [7, 11) is -4.57. The zero-order chi connectivity index (χ0) is 17.5. The number of hydrogen-bond donors (Lipinski definition) is 2. The van der Waals surface area contributed by atoms with Crippen LogP contribution in [0.1, 0.15) is 0 Å². The Bertz CT molecular complexity index is 729. The number of benzene rings is 2. The van der Waals surface area contributed by atoms with Crippen molar-refractivity contribution in [3.05, 3.63) is 58.6 Å². The van der Waals surface area contributed by atoms with Crippen LogP contribution >= 0.6 is 23.2 Å². The quantitative estimate of drug-likeness (QED) is 0.625. The minimum Gasteiger partial charge on any atom is -0.457 e. The monoisotopic (exact) mass is 378 g/mol. The molecule has 0 spiro atoms. The Morgan fingerprint density at radius 3 is 1.91 bits per heavy atom. The van der Waals surface area contributed by atoms with Crippen LogP contribution in [0.25, 0.3) is 0 Å². The van der Waals surface area contributed by atoms with E-state index in [2.05, 4.69) is 0 Å². The van der Waals surface area contributed by atoms with E-state index in [1.54, 1.807) is 18.2 Å². The van der Waals surface area contributed by atoms with Crippen LogP contribution in [-0.4, -0.2) is 29.8 Å². The van der Waals surface area contributed by atoms with Crippen molar-refractivity contribution in [2.75, 3.05) is 0 Å². The summed E-state index contributed by atoms with van der Waals surface area (Å²) in [6.45, 7) is 0. The molecule has 0 heterocycles. The second kappa shape index (κ2) is 8.85. The van der Waals surface area contributed by atoms with Gasteiger partial charge in [0.1, 0.15) is 11.5 Å². The van der Waals surface area contributed by atoms with Gasteiger partial charge in [-0.15, -0.1) is 0 Å². The molecule has 0 bridgehead atoms. The highest BCUT2D eigenvalue weighted by molar-refractivity contribution is 7.86.